The van der Waals surface area contributed by atoms with Gasteiger partial charge in [0.25, 0.3) is 0 Å². The Bertz CT molecular complexity index is 263. The summed E-state index contributed by atoms with van der Waals surface area (Å²) < 4.78 is 0. The minimum atomic E-state index is 0.610. The van der Waals surface area contributed by atoms with Crippen LogP contribution in [0.3, 0.4) is 0 Å². The van der Waals surface area contributed by atoms with Crippen LogP contribution >= 0.6 is 0 Å². The maximum atomic E-state index is 5.57. The molecule has 0 spiro atoms. The minimum absolute atomic E-state index is 0.610. The smallest absolute Gasteiger partial charge is 0.00745 e. The van der Waals surface area contributed by atoms with Crippen LogP contribution in [0.4, 0.5) is 0 Å². The molecule has 0 heterocycles. The van der Waals surface area contributed by atoms with E-state index in [1.54, 1.807) is 0 Å². The molecule has 2 N–H and O–H groups in total. The summed E-state index contributed by atoms with van der Waals surface area (Å²) in [7, 11) is 0. The second-order valence-corrected chi connectivity index (χ2v) is 4.25. The van der Waals surface area contributed by atoms with Crippen molar-refractivity contribution in [2.24, 2.45) is 11.7 Å². The molecule has 1 heteroatoms. The van der Waals surface area contributed by atoms with Crippen LogP contribution in [0.25, 0.3) is 0 Å². The van der Waals surface area contributed by atoms with Crippen molar-refractivity contribution < 1.29 is 0 Å². The largest absolute Gasteiger partial charge is 0.330 e. The van der Waals surface area contributed by atoms with Gasteiger partial charge in [-0.2, -0.15) is 0 Å². The van der Waals surface area contributed by atoms with E-state index in [0.717, 1.165) is 13.0 Å². The van der Waals surface area contributed by atoms with Gasteiger partial charge in [0.05, 0.1) is 0 Å². The van der Waals surface area contributed by atoms with Crippen molar-refractivity contribution in [3.63, 3.8) is 0 Å². The fourth-order valence-electron chi connectivity index (χ4n) is 1.71. The van der Waals surface area contributed by atoms with Crippen molar-refractivity contribution in [2.45, 2.75) is 33.1 Å². The lowest BCUT2D eigenvalue weighted by Gasteiger charge is -2.19. The molecule has 14 heavy (non-hydrogen) atoms. The first-order chi connectivity index (χ1) is 6.65. The lowest BCUT2D eigenvalue weighted by atomic mass is 9.86. The summed E-state index contributed by atoms with van der Waals surface area (Å²) in [5.41, 5.74) is 8.32. The van der Waals surface area contributed by atoms with E-state index in [-0.39, 0.29) is 0 Å². The molecule has 0 aliphatic rings. The topological polar surface area (TPSA) is 26.0 Å². The molecule has 2 atom stereocenters. The summed E-state index contributed by atoms with van der Waals surface area (Å²) in [6.45, 7) is 7.47. The maximum absolute atomic E-state index is 5.57. The number of benzene rings is 1. The molecule has 0 aliphatic heterocycles. The summed E-state index contributed by atoms with van der Waals surface area (Å²) in [6, 6.07) is 8.82. The van der Waals surface area contributed by atoms with Crippen LogP contribution in [0.15, 0.2) is 24.3 Å². The van der Waals surface area contributed by atoms with Gasteiger partial charge in [0.2, 0.25) is 0 Å². The lowest BCUT2D eigenvalue weighted by molar-refractivity contribution is 0.459. The summed E-state index contributed by atoms with van der Waals surface area (Å²) in [5, 5.41) is 0. The van der Waals surface area contributed by atoms with Crippen molar-refractivity contribution in [3.8, 4) is 0 Å². The van der Waals surface area contributed by atoms with Crippen molar-refractivity contribution in [3.05, 3.63) is 35.4 Å². The SMILES string of the molecule is Cc1ccc(C(C)C(C)CCN)cc1. The first-order valence-corrected chi connectivity index (χ1v) is 5.41. The van der Waals surface area contributed by atoms with Crippen molar-refractivity contribution in [1.82, 2.24) is 0 Å². The second-order valence-electron chi connectivity index (χ2n) is 4.25. The van der Waals surface area contributed by atoms with Crippen LogP contribution in [0.2, 0.25) is 0 Å². The predicted octanol–water partition coefficient (Wildman–Crippen LogP) is 3.08. The van der Waals surface area contributed by atoms with Crippen LogP contribution in [0.5, 0.6) is 0 Å². The molecule has 0 amide bonds. The highest BCUT2D eigenvalue weighted by Crippen LogP contribution is 2.25. The van der Waals surface area contributed by atoms with Gasteiger partial charge in [0, 0.05) is 0 Å². The van der Waals surface area contributed by atoms with E-state index < -0.39 is 0 Å². The van der Waals surface area contributed by atoms with Crippen molar-refractivity contribution >= 4 is 0 Å². The second kappa shape index (κ2) is 5.16. The molecule has 0 aliphatic carbocycles. The van der Waals surface area contributed by atoms with Crippen molar-refractivity contribution in [1.29, 1.82) is 0 Å². The van der Waals surface area contributed by atoms with Gasteiger partial charge in [-0.1, -0.05) is 43.7 Å². The highest BCUT2D eigenvalue weighted by Gasteiger charge is 2.12. The third kappa shape index (κ3) is 2.85. The zero-order valence-corrected chi connectivity index (χ0v) is 9.46. The van der Waals surface area contributed by atoms with E-state index >= 15 is 0 Å². The van der Waals surface area contributed by atoms with Gasteiger partial charge in [-0.15, -0.1) is 0 Å². The van der Waals surface area contributed by atoms with E-state index in [2.05, 4.69) is 45.0 Å². The van der Waals surface area contributed by atoms with E-state index in [0.29, 0.717) is 11.8 Å². The number of nitrogens with two attached hydrogens (primary N) is 1. The Morgan fingerprint density at radius 1 is 1.14 bits per heavy atom. The van der Waals surface area contributed by atoms with Gasteiger partial charge >= 0.3 is 0 Å². The Balaban J connectivity index is 2.68. The molecule has 0 saturated heterocycles. The molecule has 0 aromatic heterocycles. The normalized spacial score (nSPS) is 15.1. The molecule has 2 unspecified atom stereocenters. The minimum Gasteiger partial charge on any atom is -0.330 e. The van der Waals surface area contributed by atoms with E-state index in [1.807, 2.05) is 0 Å². The van der Waals surface area contributed by atoms with Crippen molar-refractivity contribution in [2.75, 3.05) is 6.54 Å². The molecule has 1 aromatic carbocycles. The predicted molar refractivity (Wildman–Crippen MR) is 62.4 cm³/mol. The molecular weight excluding hydrogens is 170 g/mol. The number of hydrogen-bond acceptors (Lipinski definition) is 1. The molecule has 0 radical (unpaired) electrons. The third-order valence-electron chi connectivity index (χ3n) is 3.08. The number of hydrogen-bond donors (Lipinski definition) is 1. The van der Waals surface area contributed by atoms with Gasteiger partial charge in [0.1, 0.15) is 0 Å². The number of aryl methyl sites for hydroxylation is 1. The standard InChI is InChI=1S/C13H21N/c1-10-4-6-13(7-5-10)12(3)11(2)8-9-14/h4-7,11-12H,8-9,14H2,1-3H3. The Kier molecular flexibility index (Phi) is 4.15. The Morgan fingerprint density at radius 3 is 2.21 bits per heavy atom. The Hall–Kier alpha value is -0.820. The van der Waals surface area contributed by atoms with Gasteiger partial charge in [0.15, 0.2) is 0 Å². The van der Waals surface area contributed by atoms with E-state index in [4.69, 9.17) is 5.73 Å². The Morgan fingerprint density at radius 2 is 1.71 bits per heavy atom. The van der Waals surface area contributed by atoms with E-state index in [1.165, 1.54) is 11.1 Å². The highest BCUT2D eigenvalue weighted by atomic mass is 14.5. The summed E-state index contributed by atoms with van der Waals surface area (Å²) in [5.74, 6) is 1.28. The van der Waals surface area contributed by atoms with Gasteiger partial charge in [-0.05, 0) is 37.3 Å². The van der Waals surface area contributed by atoms with E-state index in [9.17, 15) is 0 Å². The van der Waals surface area contributed by atoms with Crippen LogP contribution in [0.1, 0.15) is 37.3 Å². The molecule has 0 fully saturated rings. The zero-order valence-electron chi connectivity index (χ0n) is 9.46. The average Bonchev–Trinajstić information content (AvgIpc) is 2.18. The molecule has 78 valence electrons. The summed E-state index contributed by atoms with van der Waals surface area (Å²) in [4.78, 5) is 0. The quantitative estimate of drug-likeness (QED) is 0.777. The van der Waals surface area contributed by atoms with Crippen LogP contribution < -0.4 is 5.73 Å². The van der Waals surface area contributed by atoms with Gasteiger partial charge in [-0.3, -0.25) is 0 Å². The van der Waals surface area contributed by atoms with Gasteiger partial charge < -0.3 is 5.73 Å². The molecule has 1 nitrogen and oxygen atoms in total. The summed E-state index contributed by atoms with van der Waals surface area (Å²) >= 11 is 0. The third-order valence-corrected chi connectivity index (χ3v) is 3.08. The fraction of sp³-hybridized carbons (Fsp3) is 0.538. The lowest BCUT2D eigenvalue weighted by Crippen LogP contribution is -2.11. The first kappa shape index (κ1) is 11.3. The molecule has 0 bridgehead atoms. The molecular formula is C13H21N. The number of rotatable bonds is 4. The van der Waals surface area contributed by atoms with Crippen LogP contribution in [-0.2, 0) is 0 Å². The van der Waals surface area contributed by atoms with Crippen LogP contribution in [-0.4, -0.2) is 6.54 Å². The average molecular weight is 191 g/mol. The highest BCUT2D eigenvalue weighted by molar-refractivity contribution is 5.24. The molecule has 0 saturated carbocycles. The maximum Gasteiger partial charge on any atom is -0.00745 e. The molecule has 1 rings (SSSR count). The monoisotopic (exact) mass is 191 g/mol. The van der Waals surface area contributed by atoms with Gasteiger partial charge in [-0.25, -0.2) is 0 Å². The summed E-state index contributed by atoms with van der Waals surface area (Å²) in [6.07, 6.45) is 1.11. The first-order valence-electron chi connectivity index (χ1n) is 5.41. The van der Waals surface area contributed by atoms with Crippen LogP contribution in [0, 0.1) is 12.8 Å². The molecule has 1 aromatic rings. The Labute approximate surface area is 87.3 Å². The fourth-order valence-corrected chi connectivity index (χ4v) is 1.71. The zero-order chi connectivity index (χ0) is 10.6.